The van der Waals surface area contributed by atoms with Gasteiger partial charge < -0.3 is 10.6 Å². The predicted molar refractivity (Wildman–Crippen MR) is 57.4 cm³/mol. The Balaban J connectivity index is 2.32. The molecule has 1 heterocycles. The van der Waals surface area contributed by atoms with Crippen LogP contribution in [0.3, 0.4) is 0 Å². The molecule has 0 radical (unpaired) electrons. The largest absolute Gasteiger partial charge is 0.399 e. The number of alkyl halides is 1. The Hall–Kier alpha value is -1.25. The molecule has 0 fully saturated rings. The monoisotopic (exact) mass is 194 g/mol. The predicted octanol–water partition coefficient (Wildman–Crippen LogP) is 1.99. The molecule has 1 aromatic rings. The second-order valence-electron chi connectivity index (χ2n) is 3.67. The lowest BCUT2D eigenvalue weighted by Crippen LogP contribution is -2.31. The molecule has 0 saturated carbocycles. The van der Waals surface area contributed by atoms with Crippen LogP contribution in [0.15, 0.2) is 18.2 Å². The maximum atomic E-state index is 12.3. The van der Waals surface area contributed by atoms with Gasteiger partial charge in [0.2, 0.25) is 0 Å². The maximum Gasteiger partial charge on any atom is 0.107 e. The number of hydrogen-bond acceptors (Lipinski definition) is 2. The van der Waals surface area contributed by atoms with Crippen LogP contribution in [-0.2, 0) is 6.42 Å². The van der Waals surface area contributed by atoms with Crippen molar-refractivity contribution in [2.24, 2.45) is 0 Å². The molecule has 2 N–H and O–H groups in total. The highest BCUT2D eigenvalue weighted by atomic mass is 19.1. The molecule has 0 spiro atoms. The Kier molecular flexibility index (Phi) is 2.57. The van der Waals surface area contributed by atoms with Crippen molar-refractivity contribution >= 4 is 11.4 Å². The van der Waals surface area contributed by atoms with Gasteiger partial charge in [-0.2, -0.15) is 0 Å². The lowest BCUT2D eigenvalue weighted by molar-refractivity contribution is 0.485. The van der Waals surface area contributed by atoms with E-state index < -0.39 is 0 Å². The molecule has 14 heavy (non-hydrogen) atoms. The van der Waals surface area contributed by atoms with E-state index in [0.29, 0.717) is 6.54 Å². The van der Waals surface area contributed by atoms with Crippen LogP contribution in [0.4, 0.5) is 15.8 Å². The lowest BCUT2D eigenvalue weighted by Gasteiger charge is -2.30. The van der Waals surface area contributed by atoms with Crippen molar-refractivity contribution in [1.29, 1.82) is 0 Å². The average Bonchev–Trinajstić information content (AvgIpc) is 2.19. The van der Waals surface area contributed by atoms with Crippen molar-refractivity contribution in [3.05, 3.63) is 23.8 Å². The summed E-state index contributed by atoms with van der Waals surface area (Å²) in [4.78, 5) is 2.08. The van der Waals surface area contributed by atoms with E-state index in [2.05, 4.69) is 11.0 Å². The molecule has 0 amide bonds. The third-order valence-corrected chi connectivity index (χ3v) is 2.68. The first kappa shape index (κ1) is 9.31. The summed E-state index contributed by atoms with van der Waals surface area (Å²) >= 11 is 0. The first-order valence-electron chi connectivity index (χ1n) is 5.00. The minimum Gasteiger partial charge on any atom is -0.399 e. The lowest BCUT2D eigenvalue weighted by atomic mass is 10.0. The van der Waals surface area contributed by atoms with Gasteiger partial charge in [-0.05, 0) is 30.5 Å². The van der Waals surface area contributed by atoms with Crippen LogP contribution in [0.1, 0.15) is 12.0 Å². The highest BCUT2D eigenvalue weighted by Gasteiger charge is 2.16. The van der Waals surface area contributed by atoms with Gasteiger partial charge in [0.05, 0.1) is 0 Å². The van der Waals surface area contributed by atoms with E-state index in [1.165, 1.54) is 5.56 Å². The van der Waals surface area contributed by atoms with Crippen LogP contribution >= 0.6 is 0 Å². The Morgan fingerprint density at radius 2 is 2.29 bits per heavy atom. The summed E-state index contributed by atoms with van der Waals surface area (Å²) < 4.78 is 12.3. The van der Waals surface area contributed by atoms with E-state index in [0.717, 1.165) is 30.8 Å². The number of aryl methyl sites for hydroxylation is 1. The fourth-order valence-corrected chi connectivity index (χ4v) is 2.00. The molecule has 3 heteroatoms. The molecule has 0 aliphatic carbocycles. The zero-order valence-electron chi connectivity index (χ0n) is 8.17. The van der Waals surface area contributed by atoms with Gasteiger partial charge in [0, 0.05) is 24.5 Å². The van der Waals surface area contributed by atoms with Crippen LogP contribution in [-0.4, -0.2) is 19.8 Å². The molecule has 0 atom stereocenters. The number of halogens is 1. The summed E-state index contributed by atoms with van der Waals surface area (Å²) in [5, 5.41) is 0. The summed E-state index contributed by atoms with van der Waals surface area (Å²) in [5.41, 5.74) is 8.89. The van der Waals surface area contributed by atoms with Crippen LogP contribution in [0.5, 0.6) is 0 Å². The quantitative estimate of drug-likeness (QED) is 0.729. The minimum atomic E-state index is -0.297. The molecule has 0 bridgehead atoms. The van der Waals surface area contributed by atoms with Crippen LogP contribution in [0, 0.1) is 0 Å². The van der Waals surface area contributed by atoms with E-state index in [-0.39, 0.29) is 6.67 Å². The van der Waals surface area contributed by atoms with Crippen molar-refractivity contribution in [2.75, 3.05) is 30.4 Å². The number of nitrogens with zero attached hydrogens (tertiary/aromatic N) is 1. The van der Waals surface area contributed by atoms with E-state index in [1.807, 2.05) is 12.1 Å². The minimum absolute atomic E-state index is 0.297. The first-order chi connectivity index (χ1) is 6.81. The molecule has 76 valence electrons. The van der Waals surface area contributed by atoms with Gasteiger partial charge in [-0.25, -0.2) is 4.39 Å². The van der Waals surface area contributed by atoms with Gasteiger partial charge in [0.25, 0.3) is 0 Å². The fourth-order valence-electron chi connectivity index (χ4n) is 2.00. The summed E-state index contributed by atoms with van der Waals surface area (Å²) in [7, 11) is 0. The van der Waals surface area contributed by atoms with E-state index in [9.17, 15) is 4.39 Å². The standard InChI is InChI=1S/C11H15FN2/c12-5-7-14-6-1-2-9-3-4-10(13)8-11(9)14/h3-4,8H,1-2,5-7,13H2. The summed E-state index contributed by atoms with van der Waals surface area (Å²) in [6, 6.07) is 5.91. The Labute approximate surface area is 83.5 Å². The molecular formula is C11H15FN2. The Morgan fingerprint density at radius 3 is 3.07 bits per heavy atom. The number of rotatable bonds is 2. The molecule has 0 aromatic heterocycles. The van der Waals surface area contributed by atoms with Gasteiger partial charge in [-0.1, -0.05) is 6.07 Å². The van der Waals surface area contributed by atoms with Crippen LogP contribution in [0.2, 0.25) is 0 Å². The normalized spacial score (nSPS) is 15.4. The topological polar surface area (TPSA) is 29.3 Å². The van der Waals surface area contributed by atoms with Crippen LogP contribution < -0.4 is 10.6 Å². The second-order valence-corrected chi connectivity index (χ2v) is 3.67. The smallest absolute Gasteiger partial charge is 0.107 e. The summed E-state index contributed by atoms with van der Waals surface area (Å²) in [6.07, 6.45) is 2.19. The van der Waals surface area contributed by atoms with Crippen molar-refractivity contribution < 1.29 is 4.39 Å². The number of anilines is 2. The zero-order valence-corrected chi connectivity index (χ0v) is 8.17. The van der Waals surface area contributed by atoms with Gasteiger partial charge in [-0.3, -0.25) is 0 Å². The fraction of sp³-hybridized carbons (Fsp3) is 0.455. The van der Waals surface area contributed by atoms with Crippen LogP contribution in [0.25, 0.3) is 0 Å². The highest BCUT2D eigenvalue weighted by molar-refractivity contribution is 5.62. The van der Waals surface area contributed by atoms with Crippen molar-refractivity contribution in [3.8, 4) is 0 Å². The average molecular weight is 194 g/mol. The third-order valence-electron chi connectivity index (χ3n) is 2.68. The molecule has 1 aliphatic heterocycles. The first-order valence-corrected chi connectivity index (χ1v) is 5.00. The van der Waals surface area contributed by atoms with E-state index in [4.69, 9.17) is 5.73 Å². The number of hydrogen-bond donors (Lipinski definition) is 1. The molecule has 1 aliphatic rings. The van der Waals surface area contributed by atoms with Gasteiger partial charge >= 0.3 is 0 Å². The molecule has 0 unspecified atom stereocenters. The van der Waals surface area contributed by atoms with Crippen molar-refractivity contribution in [1.82, 2.24) is 0 Å². The van der Waals surface area contributed by atoms with E-state index in [1.54, 1.807) is 0 Å². The summed E-state index contributed by atoms with van der Waals surface area (Å²) in [6.45, 7) is 1.13. The Bertz CT molecular complexity index is 325. The summed E-state index contributed by atoms with van der Waals surface area (Å²) in [5.74, 6) is 0. The van der Waals surface area contributed by atoms with Gasteiger partial charge in [0.15, 0.2) is 0 Å². The maximum absolute atomic E-state index is 12.3. The molecule has 0 saturated heterocycles. The number of nitrogen functional groups attached to an aromatic ring is 1. The van der Waals surface area contributed by atoms with Gasteiger partial charge in [0.1, 0.15) is 6.67 Å². The molecule has 2 nitrogen and oxygen atoms in total. The van der Waals surface area contributed by atoms with E-state index >= 15 is 0 Å². The second kappa shape index (κ2) is 3.86. The Morgan fingerprint density at radius 1 is 1.43 bits per heavy atom. The molecule has 1 aromatic carbocycles. The van der Waals surface area contributed by atoms with Crippen molar-refractivity contribution in [3.63, 3.8) is 0 Å². The zero-order chi connectivity index (χ0) is 9.97. The SMILES string of the molecule is Nc1ccc2c(c1)N(CCF)CCC2. The third kappa shape index (κ3) is 1.67. The number of benzene rings is 1. The number of fused-ring (bicyclic) bond motifs is 1. The van der Waals surface area contributed by atoms with Gasteiger partial charge in [-0.15, -0.1) is 0 Å². The molecular weight excluding hydrogens is 179 g/mol. The number of nitrogens with two attached hydrogens (primary N) is 1. The highest BCUT2D eigenvalue weighted by Crippen LogP contribution is 2.28. The van der Waals surface area contributed by atoms with Crippen molar-refractivity contribution in [2.45, 2.75) is 12.8 Å². The molecule has 2 rings (SSSR count).